The van der Waals surface area contributed by atoms with Gasteiger partial charge in [-0.2, -0.15) is 5.26 Å². The maximum absolute atomic E-state index is 8.83. The summed E-state index contributed by atoms with van der Waals surface area (Å²) in [5.74, 6) is 0.928. The summed E-state index contributed by atoms with van der Waals surface area (Å²) in [5, 5.41) is 12.0. The summed E-state index contributed by atoms with van der Waals surface area (Å²) in [4.78, 5) is 6.63. The van der Waals surface area contributed by atoms with Crippen LogP contribution < -0.4 is 10.2 Å². The molecule has 1 fully saturated rings. The van der Waals surface area contributed by atoms with Gasteiger partial charge in [-0.25, -0.2) is 4.98 Å². The Morgan fingerprint density at radius 1 is 1.62 bits per heavy atom. The second kappa shape index (κ2) is 4.95. The predicted octanol–water partition coefficient (Wildman–Crippen LogP) is 1.14. The molecule has 4 heteroatoms. The van der Waals surface area contributed by atoms with Crippen LogP contribution in [-0.2, 0) is 0 Å². The summed E-state index contributed by atoms with van der Waals surface area (Å²) in [6.45, 7) is 2.01. The molecule has 2 heterocycles. The molecule has 1 saturated heterocycles. The van der Waals surface area contributed by atoms with Gasteiger partial charge in [0.15, 0.2) is 0 Å². The molecule has 0 radical (unpaired) electrons. The number of aromatic nitrogens is 1. The highest BCUT2D eigenvalue weighted by atomic mass is 15.2. The Balaban J connectivity index is 2.19. The molecule has 1 aromatic heterocycles. The molecule has 1 aliphatic heterocycles. The lowest BCUT2D eigenvalue weighted by molar-refractivity contribution is 0.611. The number of pyridine rings is 1. The molecule has 1 aliphatic rings. The Labute approximate surface area is 95.9 Å². The van der Waals surface area contributed by atoms with Crippen LogP contribution in [0.3, 0.4) is 0 Å². The number of hydrogen-bond acceptors (Lipinski definition) is 4. The number of hydrogen-bond donors (Lipinski definition) is 1. The van der Waals surface area contributed by atoms with Crippen LogP contribution in [0.25, 0.3) is 0 Å². The molecule has 1 unspecified atom stereocenters. The van der Waals surface area contributed by atoms with Gasteiger partial charge in [0.1, 0.15) is 17.6 Å². The third kappa shape index (κ3) is 2.15. The Kier molecular flexibility index (Phi) is 3.37. The van der Waals surface area contributed by atoms with Crippen molar-refractivity contribution in [2.75, 3.05) is 25.0 Å². The lowest BCUT2D eigenvalue weighted by Crippen LogP contribution is -2.37. The number of likely N-dealkylation sites (N-methyl/N-ethyl adjacent to an activating group) is 1. The van der Waals surface area contributed by atoms with E-state index >= 15 is 0 Å². The van der Waals surface area contributed by atoms with Crippen molar-refractivity contribution >= 4 is 5.82 Å². The van der Waals surface area contributed by atoms with E-state index in [1.165, 1.54) is 12.8 Å². The summed E-state index contributed by atoms with van der Waals surface area (Å²) < 4.78 is 0. The van der Waals surface area contributed by atoms with Gasteiger partial charge < -0.3 is 10.2 Å². The maximum Gasteiger partial charge on any atom is 0.142 e. The van der Waals surface area contributed by atoms with Crippen LogP contribution in [-0.4, -0.2) is 31.2 Å². The molecule has 0 aliphatic carbocycles. The summed E-state index contributed by atoms with van der Waals surface area (Å²) in [6.07, 6.45) is 2.39. The van der Waals surface area contributed by atoms with Crippen molar-refractivity contribution in [2.24, 2.45) is 0 Å². The van der Waals surface area contributed by atoms with E-state index in [0.29, 0.717) is 11.7 Å². The summed E-state index contributed by atoms with van der Waals surface area (Å²) >= 11 is 0. The zero-order chi connectivity index (χ0) is 11.4. The first-order valence-electron chi connectivity index (χ1n) is 5.63. The fourth-order valence-electron chi connectivity index (χ4n) is 2.23. The van der Waals surface area contributed by atoms with E-state index in [-0.39, 0.29) is 0 Å². The second-order valence-electron chi connectivity index (χ2n) is 4.04. The van der Waals surface area contributed by atoms with Crippen LogP contribution in [0.2, 0.25) is 0 Å². The number of nitrogens with one attached hydrogen (secondary N) is 1. The lowest BCUT2D eigenvalue weighted by Gasteiger charge is -2.25. The smallest absolute Gasteiger partial charge is 0.142 e. The molecule has 1 atom stereocenters. The molecule has 84 valence electrons. The normalized spacial score (nSPS) is 19.8. The van der Waals surface area contributed by atoms with Crippen LogP contribution in [0.1, 0.15) is 18.5 Å². The SMILES string of the molecule is CNCC1CCCN1c1cccc(C#N)n1. The first-order chi connectivity index (χ1) is 7.85. The van der Waals surface area contributed by atoms with Gasteiger partial charge in [-0.1, -0.05) is 6.07 Å². The van der Waals surface area contributed by atoms with E-state index in [9.17, 15) is 0 Å². The van der Waals surface area contributed by atoms with Gasteiger partial charge >= 0.3 is 0 Å². The molecule has 1 aromatic rings. The van der Waals surface area contributed by atoms with Gasteiger partial charge in [-0.15, -0.1) is 0 Å². The zero-order valence-electron chi connectivity index (χ0n) is 9.48. The Hall–Kier alpha value is -1.60. The molecule has 4 nitrogen and oxygen atoms in total. The Morgan fingerprint density at radius 3 is 3.25 bits per heavy atom. The van der Waals surface area contributed by atoms with E-state index in [2.05, 4.69) is 21.3 Å². The molecule has 1 N–H and O–H groups in total. The van der Waals surface area contributed by atoms with Gasteiger partial charge in [-0.3, -0.25) is 0 Å². The van der Waals surface area contributed by atoms with Gasteiger partial charge in [0.05, 0.1) is 0 Å². The molecule has 0 spiro atoms. The highest BCUT2D eigenvalue weighted by Crippen LogP contribution is 2.23. The minimum Gasteiger partial charge on any atom is -0.352 e. The molecule has 0 amide bonds. The van der Waals surface area contributed by atoms with Crippen molar-refractivity contribution in [3.63, 3.8) is 0 Å². The van der Waals surface area contributed by atoms with Crippen molar-refractivity contribution < 1.29 is 0 Å². The summed E-state index contributed by atoms with van der Waals surface area (Å²) in [6, 6.07) is 8.21. The second-order valence-corrected chi connectivity index (χ2v) is 4.04. The van der Waals surface area contributed by atoms with Gasteiger partial charge in [0.2, 0.25) is 0 Å². The summed E-state index contributed by atoms with van der Waals surface area (Å²) in [5.41, 5.74) is 0.493. The molecular weight excluding hydrogens is 200 g/mol. The predicted molar refractivity (Wildman–Crippen MR) is 63.2 cm³/mol. The highest BCUT2D eigenvalue weighted by molar-refractivity contribution is 5.43. The minimum absolute atomic E-state index is 0.493. The molecule has 0 saturated carbocycles. The van der Waals surface area contributed by atoms with Crippen molar-refractivity contribution in [2.45, 2.75) is 18.9 Å². The van der Waals surface area contributed by atoms with E-state index in [4.69, 9.17) is 5.26 Å². The van der Waals surface area contributed by atoms with Crippen molar-refractivity contribution in [1.82, 2.24) is 10.3 Å². The fraction of sp³-hybridized carbons (Fsp3) is 0.500. The van der Waals surface area contributed by atoms with Crippen molar-refractivity contribution in [3.05, 3.63) is 23.9 Å². The average molecular weight is 216 g/mol. The van der Waals surface area contributed by atoms with Crippen molar-refractivity contribution in [1.29, 1.82) is 5.26 Å². The van der Waals surface area contributed by atoms with E-state index in [1.54, 1.807) is 6.07 Å². The third-order valence-corrected chi connectivity index (χ3v) is 2.96. The first-order valence-corrected chi connectivity index (χ1v) is 5.63. The highest BCUT2D eigenvalue weighted by Gasteiger charge is 2.24. The van der Waals surface area contributed by atoms with E-state index < -0.39 is 0 Å². The quantitative estimate of drug-likeness (QED) is 0.823. The third-order valence-electron chi connectivity index (χ3n) is 2.96. The van der Waals surface area contributed by atoms with Crippen LogP contribution in [0.15, 0.2) is 18.2 Å². The number of nitriles is 1. The molecule has 16 heavy (non-hydrogen) atoms. The maximum atomic E-state index is 8.83. The zero-order valence-corrected chi connectivity index (χ0v) is 9.48. The first kappa shape index (κ1) is 10.9. The number of anilines is 1. The van der Waals surface area contributed by atoms with E-state index in [1.807, 2.05) is 19.2 Å². The number of rotatable bonds is 3. The largest absolute Gasteiger partial charge is 0.352 e. The molecule has 0 bridgehead atoms. The van der Waals surface area contributed by atoms with Gasteiger partial charge in [0, 0.05) is 19.1 Å². The van der Waals surface area contributed by atoms with Crippen LogP contribution in [0.5, 0.6) is 0 Å². The average Bonchev–Trinajstić information content (AvgIpc) is 2.78. The topological polar surface area (TPSA) is 52.0 Å². The van der Waals surface area contributed by atoms with Gasteiger partial charge in [-0.05, 0) is 32.0 Å². The lowest BCUT2D eigenvalue weighted by atomic mass is 10.2. The molecule has 0 aromatic carbocycles. The standard InChI is InChI=1S/C12H16N4/c1-14-9-11-5-3-7-16(11)12-6-2-4-10(8-13)15-12/h2,4,6,11,14H,3,5,7,9H2,1H3. The Bertz CT molecular complexity index is 396. The van der Waals surface area contributed by atoms with Crippen LogP contribution in [0, 0.1) is 11.3 Å². The fourth-order valence-corrected chi connectivity index (χ4v) is 2.23. The molecule has 2 rings (SSSR count). The van der Waals surface area contributed by atoms with Crippen LogP contribution in [0.4, 0.5) is 5.82 Å². The van der Waals surface area contributed by atoms with E-state index in [0.717, 1.165) is 18.9 Å². The van der Waals surface area contributed by atoms with Crippen LogP contribution >= 0.6 is 0 Å². The minimum atomic E-state index is 0.493. The summed E-state index contributed by atoms with van der Waals surface area (Å²) in [7, 11) is 1.97. The molecular formula is C12H16N4. The van der Waals surface area contributed by atoms with Crippen molar-refractivity contribution in [3.8, 4) is 6.07 Å². The monoisotopic (exact) mass is 216 g/mol. The van der Waals surface area contributed by atoms with Gasteiger partial charge in [0.25, 0.3) is 0 Å². The number of nitrogens with zero attached hydrogens (tertiary/aromatic N) is 3. The Morgan fingerprint density at radius 2 is 2.50 bits per heavy atom.